The molecule has 0 aliphatic rings. The fourth-order valence-corrected chi connectivity index (χ4v) is 2.88. The molecule has 8 nitrogen and oxygen atoms in total. The molecule has 0 amide bonds. The monoisotopic (exact) mass is 284 g/mol. The molecule has 0 aromatic carbocycles. The molecule has 0 atom stereocenters. The highest BCUT2D eigenvalue weighted by Gasteiger charge is 2.19. The molecule has 0 unspecified atom stereocenters. The summed E-state index contributed by atoms with van der Waals surface area (Å²) < 4.78 is 28.3. The van der Waals surface area contributed by atoms with E-state index in [1.54, 1.807) is 10.9 Å². The Morgan fingerprint density at radius 2 is 2.32 bits per heavy atom. The van der Waals surface area contributed by atoms with Gasteiger partial charge in [0.1, 0.15) is 0 Å². The summed E-state index contributed by atoms with van der Waals surface area (Å²) in [6.45, 7) is 0.402. The SMILES string of the molecule is Cn1nccc1CCNS(=O)(=O)c1[nH]ncc1CN. The lowest BCUT2D eigenvalue weighted by atomic mass is 10.3. The summed E-state index contributed by atoms with van der Waals surface area (Å²) in [6, 6.07) is 1.84. The van der Waals surface area contributed by atoms with Crippen LogP contribution in [-0.2, 0) is 30.0 Å². The molecule has 0 radical (unpaired) electrons. The van der Waals surface area contributed by atoms with Crippen molar-refractivity contribution >= 4 is 10.0 Å². The molecule has 0 aliphatic heterocycles. The van der Waals surface area contributed by atoms with Crippen LogP contribution in [0.1, 0.15) is 11.3 Å². The van der Waals surface area contributed by atoms with E-state index in [2.05, 4.69) is 20.0 Å². The second-order valence-electron chi connectivity index (χ2n) is 4.02. The summed E-state index contributed by atoms with van der Waals surface area (Å²) >= 11 is 0. The number of rotatable bonds is 6. The Morgan fingerprint density at radius 1 is 1.53 bits per heavy atom. The predicted octanol–water partition coefficient (Wildman–Crippen LogP) is -0.877. The van der Waals surface area contributed by atoms with Crippen molar-refractivity contribution in [3.05, 3.63) is 29.7 Å². The normalized spacial score (nSPS) is 11.9. The third-order valence-electron chi connectivity index (χ3n) is 2.76. The molecular weight excluding hydrogens is 268 g/mol. The van der Waals surface area contributed by atoms with Crippen molar-refractivity contribution in [1.82, 2.24) is 24.7 Å². The molecule has 0 fully saturated rings. The van der Waals surface area contributed by atoms with Gasteiger partial charge in [-0.2, -0.15) is 10.2 Å². The third-order valence-corrected chi connectivity index (χ3v) is 4.24. The van der Waals surface area contributed by atoms with E-state index in [-0.39, 0.29) is 18.1 Å². The lowest BCUT2D eigenvalue weighted by Gasteiger charge is -2.06. The zero-order valence-electron chi connectivity index (χ0n) is 10.5. The molecule has 19 heavy (non-hydrogen) atoms. The van der Waals surface area contributed by atoms with Gasteiger partial charge in [0.25, 0.3) is 10.0 Å². The number of aromatic amines is 1. The summed E-state index contributed by atoms with van der Waals surface area (Å²) in [5, 5.41) is 10.2. The molecule has 2 rings (SSSR count). The van der Waals surface area contributed by atoms with Crippen molar-refractivity contribution < 1.29 is 8.42 Å². The van der Waals surface area contributed by atoms with Gasteiger partial charge in [0.2, 0.25) is 0 Å². The smallest absolute Gasteiger partial charge is 0.257 e. The Balaban J connectivity index is 2.01. The van der Waals surface area contributed by atoms with Crippen LogP contribution in [0.15, 0.2) is 23.5 Å². The maximum Gasteiger partial charge on any atom is 0.257 e. The van der Waals surface area contributed by atoms with Crippen LogP contribution in [0.3, 0.4) is 0 Å². The van der Waals surface area contributed by atoms with E-state index in [1.165, 1.54) is 6.20 Å². The molecule has 2 aromatic heterocycles. The largest absolute Gasteiger partial charge is 0.326 e. The van der Waals surface area contributed by atoms with Crippen molar-refractivity contribution in [1.29, 1.82) is 0 Å². The average molecular weight is 284 g/mol. The Morgan fingerprint density at radius 3 is 2.95 bits per heavy atom. The van der Waals surface area contributed by atoms with E-state index >= 15 is 0 Å². The molecular formula is C10H16N6O2S. The van der Waals surface area contributed by atoms with E-state index in [0.29, 0.717) is 12.0 Å². The molecule has 2 aromatic rings. The van der Waals surface area contributed by atoms with E-state index in [9.17, 15) is 8.42 Å². The fourth-order valence-electron chi connectivity index (χ4n) is 1.71. The Bertz CT molecular complexity index is 645. The topological polar surface area (TPSA) is 119 Å². The predicted molar refractivity (Wildman–Crippen MR) is 68.6 cm³/mol. The number of aryl methyl sites for hydroxylation is 1. The summed E-state index contributed by atoms with van der Waals surface area (Å²) in [4.78, 5) is 0. The number of nitrogens with two attached hydrogens (primary N) is 1. The van der Waals surface area contributed by atoms with Crippen LogP contribution in [0.2, 0.25) is 0 Å². The summed E-state index contributed by atoms with van der Waals surface area (Å²) in [5.74, 6) is 0. The molecule has 0 spiro atoms. The van der Waals surface area contributed by atoms with E-state index in [0.717, 1.165) is 5.69 Å². The van der Waals surface area contributed by atoms with Crippen LogP contribution < -0.4 is 10.5 Å². The molecule has 104 valence electrons. The molecule has 2 heterocycles. The van der Waals surface area contributed by atoms with Gasteiger partial charge in [-0.3, -0.25) is 9.78 Å². The quantitative estimate of drug-likeness (QED) is 0.636. The lowest BCUT2D eigenvalue weighted by molar-refractivity contribution is 0.574. The number of nitrogens with zero attached hydrogens (tertiary/aromatic N) is 3. The van der Waals surface area contributed by atoms with Gasteiger partial charge in [-0.25, -0.2) is 13.1 Å². The molecule has 9 heteroatoms. The fraction of sp³-hybridized carbons (Fsp3) is 0.400. The highest BCUT2D eigenvalue weighted by Crippen LogP contribution is 2.10. The second kappa shape index (κ2) is 5.51. The minimum atomic E-state index is -3.60. The van der Waals surface area contributed by atoms with Crippen LogP contribution in [-0.4, -0.2) is 34.9 Å². The van der Waals surface area contributed by atoms with Crippen molar-refractivity contribution in [2.75, 3.05) is 6.54 Å². The zero-order valence-corrected chi connectivity index (χ0v) is 11.3. The zero-order chi connectivity index (χ0) is 13.9. The van der Waals surface area contributed by atoms with Crippen molar-refractivity contribution in [3.8, 4) is 0 Å². The second-order valence-corrected chi connectivity index (χ2v) is 5.73. The van der Waals surface area contributed by atoms with Crippen LogP contribution in [0.25, 0.3) is 0 Å². The van der Waals surface area contributed by atoms with Gasteiger partial charge < -0.3 is 5.73 Å². The first kappa shape index (κ1) is 13.7. The van der Waals surface area contributed by atoms with Crippen LogP contribution in [0, 0.1) is 0 Å². The molecule has 0 saturated carbocycles. The van der Waals surface area contributed by atoms with E-state index < -0.39 is 10.0 Å². The molecule has 0 saturated heterocycles. The number of aromatic nitrogens is 4. The van der Waals surface area contributed by atoms with Gasteiger partial charge in [0.15, 0.2) is 5.03 Å². The lowest BCUT2D eigenvalue weighted by Crippen LogP contribution is -2.27. The average Bonchev–Trinajstić information content (AvgIpc) is 2.98. The standard InChI is InChI=1S/C10H16N6O2S/c1-16-9(2-4-13-16)3-5-14-19(17,18)10-8(6-11)7-12-15-10/h2,4,7,14H,3,5-6,11H2,1H3,(H,12,15). The van der Waals surface area contributed by atoms with Gasteiger partial charge >= 0.3 is 0 Å². The van der Waals surface area contributed by atoms with Gasteiger partial charge in [0, 0.05) is 44.0 Å². The third kappa shape index (κ3) is 3.00. The van der Waals surface area contributed by atoms with Gasteiger partial charge in [-0.1, -0.05) is 0 Å². The maximum atomic E-state index is 12.0. The molecule has 4 N–H and O–H groups in total. The van der Waals surface area contributed by atoms with Crippen molar-refractivity contribution in [2.45, 2.75) is 18.0 Å². The van der Waals surface area contributed by atoms with Gasteiger partial charge in [0.05, 0.1) is 6.20 Å². The number of sulfonamides is 1. The number of H-pyrrole nitrogens is 1. The number of nitrogens with one attached hydrogen (secondary N) is 2. The summed E-state index contributed by atoms with van der Waals surface area (Å²) in [6.07, 6.45) is 3.64. The van der Waals surface area contributed by atoms with Gasteiger partial charge in [-0.15, -0.1) is 0 Å². The Labute approximate surface area is 111 Å². The minimum absolute atomic E-state index is 0.0278. The molecule has 0 aliphatic carbocycles. The Hall–Kier alpha value is -1.71. The van der Waals surface area contributed by atoms with Gasteiger partial charge in [-0.05, 0) is 6.07 Å². The van der Waals surface area contributed by atoms with Crippen LogP contribution in [0.4, 0.5) is 0 Å². The Kier molecular flexibility index (Phi) is 3.98. The number of hydrogen-bond acceptors (Lipinski definition) is 5. The first-order chi connectivity index (χ1) is 9.04. The van der Waals surface area contributed by atoms with E-state index in [4.69, 9.17) is 5.73 Å². The number of hydrogen-bond donors (Lipinski definition) is 3. The maximum absolute atomic E-state index is 12.0. The summed E-state index contributed by atoms with van der Waals surface area (Å²) in [7, 11) is -1.79. The van der Waals surface area contributed by atoms with E-state index in [1.807, 2.05) is 13.1 Å². The summed E-state index contributed by atoms with van der Waals surface area (Å²) in [5.41, 5.74) is 6.87. The van der Waals surface area contributed by atoms with Crippen molar-refractivity contribution in [3.63, 3.8) is 0 Å². The van der Waals surface area contributed by atoms with Crippen LogP contribution in [0.5, 0.6) is 0 Å². The highest BCUT2D eigenvalue weighted by atomic mass is 32.2. The highest BCUT2D eigenvalue weighted by molar-refractivity contribution is 7.89. The van der Waals surface area contributed by atoms with Crippen LogP contribution >= 0.6 is 0 Å². The minimum Gasteiger partial charge on any atom is -0.326 e. The first-order valence-electron chi connectivity index (χ1n) is 5.73. The van der Waals surface area contributed by atoms with Crippen molar-refractivity contribution in [2.24, 2.45) is 12.8 Å². The first-order valence-corrected chi connectivity index (χ1v) is 7.22. The molecule has 0 bridgehead atoms.